The van der Waals surface area contributed by atoms with Gasteiger partial charge in [-0.3, -0.25) is 9.59 Å². The highest BCUT2D eigenvalue weighted by Gasteiger charge is 2.11. The number of nitrogens with one attached hydrogen (secondary N) is 2. The van der Waals surface area contributed by atoms with Gasteiger partial charge in [0.05, 0.1) is 20.6 Å². The minimum Gasteiger partial charge on any atom is -0.493 e. The number of hydrogen-bond donors (Lipinski definition) is 2. The number of carbonyl (C=O) groups excluding carboxylic acids is 2. The average Bonchev–Trinajstić information content (AvgIpc) is 2.65. The van der Waals surface area contributed by atoms with Crippen LogP contribution in [0.15, 0.2) is 47.6 Å². The Labute approximate surface area is 162 Å². The maximum atomic E-state index is 12.2. The summed E-state index contributed by atoms with van der Waals surface area (Å²) in [6, 6.07) is 11.6. The topological polar surface area (TPSA) is 89.0 Å². The van der Waals surface area contributed by atoms with Crippen LogP contribution >= 0.6 is 11.6 Å². The number of halogens is 1. The Bertz CT molecular complexity index is 868. The molecule has 0 bridgehead atoms. The summed E-state index contributed by atoms with van der Waals surface area (Å²) >= 11 is 5.88. The second-order valence-electron chi connectivity index (χ2n) is 5.59. The summed E-state index contributed by atoms with van der Waals surface area (Å²) in [5.41, 5.74) is 3.81. The summed E-state index contributed by atoms with van der Waals surface area (Å²) in [5.74, 6) is 0.266. The van der Waals surface area contributed by atoms with Crippen molar-refractivity contribution in [2.24, 2.45) is 5.10 Å². The third-order valence-corrected chi connectivity index (χ3v) is 3.75. The molecule has 27 heavy (non-hydrogen) atoms. The lowest BCUT2D eigenvalue weighted by Crippen LogP contribution is -2.21. The van der Waals surface area contributed by atoms with E-state index in [2.05, 4.69) is 15.8 Å². The van der Waals surface area contributed by atoms with Gasteiger partial charge in [-0.2, -0.15) is 5.10 Å². The van der Waals surface area contributed by atoms with E-state index < -0.39 is 5.91 Å². The van der Waals surface area contributed by atoms with E-state index in [9.17, 15) is 9.59 Å². The normalized spacial score (nSPS) is 10.9. The highest BCUT2D eigenvalue weighted by Crippen LogP contribution is 2.27. The van der Waals surface area contributed by atoms with E-state index in [4.69, 9.17) is 21.1 Å². The van der Waals surface area contributed by atoms with Crippen molar-refractivity contribution >= 4 is 34.8 Å². The lowest BCUT2D eigenvalue weighted by atomic mass is 10.2. The van der Waals surface area contributed by atoms with Gasteiger partial charge in [0, 0.05) is 22.0 Å². The van der Waals surface area contributed by atoms with Gasteiger partial charge in [-0.25, -0.2) is 5.43 Å². The highest BCUT2D eigenvalue weighted by atomic mass is 35.5. The number of nitrogens with zero attached hydrogens (tertiary/aromatic N) is 1. The van der Waals surface area contributed by atoms with Crippen LogP contribution in [0.3, 0.4) is 0 Å². The maximum absolute atomic E-state index is 12.2. The van der Waals surface area contributed by atoms with Crippen molar-refractivity contribution in [2.45, 2.75) is 13.3 Å². The summed E-state index contributed by atoms with van der Waals surface area (Å²) in [7, 11) is 3.00. The Hall–Kier alpha value is -3.06. The van der Waals surface area contributed by atoms with E-state index in [0.717, 1.165) is 0 Å². The molecule has 0 fully saturated rings. The Morgan fingerprint density at radius 3 is 2.48 bits per heavy atom. The minimum atomic E-state index is -0.425. The van der Waals surface area contributed by atoms with Crippen molar-refractivity contribution in [3.05, 3.63) is 53.1 Å². The molecule has 0 aromatic heterocycles. The van der Waals surface area contributed by atoms with Crippen LogP contribution < -0.4 is 20.2 Å². The first-order valence-corrected chi connectivity index (χ1v) is 8.41. The fraction of sp³-hybridized carbons (Fsp3) is 0.211. The minimum absolute atomic E-state index is 0.0265. The molecule has 0 radical (unpaired) electrons. The molecule has 0 unspecified atom stereocenters. The Morgan fingerprint density at radius 1 is 1.07 bits per heavy atom. The summed E-state index contributed by atoms with van der Waals surface area (Å²) in [4.78, 5) is 24.2. The van der Waals surface area contributed by atoms with Crippen molar-refractivity contribution in [3.8, 4) is 11.5 Å². The van der Waals surface area contributed by atoms with Gasteiger partial charge in [0.15, 0.2) is 11.5 Å². The van der Waals surface area contributed by atoms with Crippen LogP contribution in [-0.2, 0) is 4.79 Å². The lowest BCUT2D eigenvalue weighted by Gasteiger charge is -2.09. The summed E-state index contributed by atoms with van der Waals surface area (Å²) in [5, 5.41) is 7.20. The fourth-order valence-corrected chi connectivity index (χ4v) is 2.42. The predicted molar refractivity (Wildman–Crippen MR) is 105 cm³/mol. The van der Waals surface area contributed by atoms with Crippen LogP contribution in [0.2, 0.25) is 5.02 Å². The number of rotatable bonds is 7. The molecule has 2 N–H and O–H groups in total. The Balaban J connectivity index is 1.94. The van der Waals surface area contributed by atoms with Crippen LogP contribution in [0, 0.1) is 0 Å². The number of benzene rings is 2. The Morgan fingerprint density at radius 2 is 1.81 bits per heavy atom. The number of anilines is 1. The molecule has 0 saturated heterocycles. The molecule has 2 amide bonds. The predicted octanol–water partition coefficient (Wildman–Crippen LogP) is 3.49. The van der Waals surface area contributed by atoms with Gasteiger partial charge in [0.25, 0.3) is 5.91 Å². The molecule has 142 valence electrons. The van der Waals surface area contributed by atoms with Crippen molar-refractivity contribution in [2.75, 3.05) is 19.5 Å². The van der Waals surface area contributed by atoms with Gasteiger partial charge >= 0.3 is 0 Å². The molecular weight excluding hydrogens is 370 g/mol. The SMILES string of the molecule is COc1ccc(C(=O)N/N=C(\C)CC(=O)Nc2cccc(Cl)c2)cc1OC. The third-order valence-electron chi connectivity index (χ3n) is 3.52. The van der Waals surface area contributed by atoms with E-state index in [1.807, 2.05) is 0 Å². The van der Waals surface area contributed by atoms with E-state index in [-0.39, 0.29) is 12.3 Å². The smallest absolute Gasteiger partial charge is 0.271 e. The van der Waals surface area contributed by atoms with Crippen LogP contribution in [-0.4, -0.2) is 31.7 Å². The number of carbonyl (C=O) groups is 2. The van der Waals surface area contributed by atoms with Gasteiger partial charge in [-0.1, -0.05) is 17.7 Å². The van der Waals surface area contributed by atoms with Crippen LogP contribution in [0.5, 0.6) is 11.5 Å². The molecule has 0 heterocycles. The quantitative estimate of drug-likeness (QED) is 0.560. The molecule has 2 aromatic rings. The molecule has 0 spiro atoms. The zero-order valence-corrected chi connectivity index (χ0v) is 16.0. The van der Waals surface area contributed by atoms with Crippen LogP contribution in [0.1, 0.15) is 23.7 Å². The van der Waals surface area contributed by atoms with Gasteiger partial charge in [0.2, 0.25) is 5.91 Å². The molecule has 0 atom stereocenters. The standard InChI is InChI=1S/C19H20ClN3O4/c1-12(9-18(24)21-15-6-4-5-14(20)11-15)22-23-19(25)13-7-8-16(26-2)17(10-13)27-3/h4-8,10-11H,9H2,1-3H3,(H,21,24)(H,23,25)/b22-12+. The lowest BCUT2D eigenvalue weighted by molar-refractivity contribution is -0.115. The molecule has 2 rings (SSSR count). The maximum Gasteiger partial charge on any atom is 0.271 e. The molecule has 0 aliphatic rings. The summed E-state index contributed by atoms with van der Waals surface area (Å²) < 4.78 is 10.3. The van der Waals surface area contributed by atoms with Crippen molar-refractivity contribution < 1.29 is 19.1 Å². The van der Waals surface area contributed by atoms with Crippen LogP contribution in [0.25, 0.3) is 0 Å². The first-order chi connectivity index (χ1) is 12.9. The van der Waals surface area contributed by atoms with Gasteiger partial charge in [-0.15, -0.1) is 0 Å². The van der Waals surface area contributed by atoms with E-state index in [1.165, 1.54) is 14.2 Å². The number of ether oxygens (including phenoxy) is 2. The second-order valence-corrected chi connectivity index (χ2v) is 6.03. The number of amides is 2. The first-order valence-electron chi connectivity index (χ1n) is 8.04. The Kier molecular flexibility index (Phi) is 7.19. The van der Waals surface area contributed by atoms with Crippen molar-refractivity contribution in [3.63, 3.8) is 0 Å². The molecular formula is C19H20ClN3O4. The van der Waals surface area contributed by atoms with E-state index in [0.29, 0.717) is 33.5 Å². The van der Waals surface area contributed by atoms with E-state index >= 15 is 0 Å². The molecule has 2 aromatic carbocycles. The molecule has 0 saturated carbocycles. The third kappa shape index (κ3) is 6.00. The molecule has 0 aliphatic heterocycles. The average molecular weight is 390 g/mol. The summed E-state index contributed by atoms with van der Waals surface area (Å²) in [6.07, 6.45) is 0.0265. The van der Waals surface area contributed by atoms with Gasteiger partial charge < -0.3 is 14.8 Å². The number of methoxy groups -OCH3 is 2. The number of hydrazone groups is 1. The first kappa shape index (κ1) is 20.3. The highest BCUT2D eigenvalue weighted by molar-refractivity contribution is 6.30. The molecule has 0 aliphatic carbocycles. The number of hydrogen-bond acceptors (Lipinski definition) is 5. The van der Waals surface area contributed by atoms with Gasteiger partial charge in [-0.05, 0) is 43.3 Å². The zero-order valence-electron chi connectivity index (χ0n) is 15.2. The van der Waals surface area contributed by atoms with Crippen molar-refractivity contribution in [1.29, 1.82) is 0 Å². The van der Waals surface area contributed by atoms with Crippen LogP contribution in [0.4, 0.5) is 5.69 Å². The second kappa shape index (κ2) is 9.59. The summed E-state index contributed by atoms with van der Waals surface area (Å²) in [6.45, 7) is 1.65. The monoisotopic (exact) mass is 389 g/mol. The largest absolute Gasteiger partial charge is 0.493 e. The van der Waals surface area contributed by atoms with Gasteiger partial charge in [0.1, 0.15) is 0 Å². The van der Waals surface area contributed by atoms with E-state index in [1.54, 1.807) is 49.4 Å². The molecule has 7 nitrogen and oxygen atoms in total. The zero-order chi connectivity index (χ0) is 19.8. The fourth-order valence-electron chi connectivity index (χ4n) is 2.23. The molecule has 8 heteroatoms. The van der Waals surface area contributed by atoms with Crippen molar-refractivity contribution in [1.82, 2.24) is 5.43 Å².